The fourth-order valence-corrected chi connectivity index (χ4v) is 2.35. The number of para-hydroxylation sites is 1. The molecule has 5 nitrogen and oxygen atoms in total. The number of hydrogen-bond donors (Lipinski definition) is 2. The third-order valence-corrected chi connectivity index (χ3v) is 3.70. The summed E-state index contributed by atoms with van der Waals surface area (Å²) in [6, 6.07) is 12.8. The van der Waals surface area contributed by atoms with E-state index < -0.39 is 0 Å². The minimum absolute atomic E-state index is 0.245. The van der Waals surface area contributed by atoms with Crippen LogP contribution in [0.15, 0.2) is 46.9 Å². The van der Waals surface area contributed by atoms with Crippen LogP contribution in [0.25, 0.3) is 0 Å². The molecular weight excluding hydrogens is 336 g/mol. The third kappa shape index (κ3) is 3.28. The molecule has 0 radical (unpaired) electrons. The number of halogens is 1. The Bertz CT molecular complexity index is 676. The van der Waals surface area contributed by atoms with Crippen LogP contribution in [0.4, 0.5) is 10.5 Å². The fourth-order valence-electron chi connectivity index (χ4n) is 1.96. The molecule has 0 unspecified atom stereocenters. The van der Waals surface area contributed by atoms with Crippen LogP contribution in [-0.2, 0) is 6.54 Å². The minimum Gasteiger partial charge on any atom is -0.454 e. The zero-order chi connectivity index (χ0) is 14.7. The van der Waals surface area contributed by atoms with Gasteiger partial charge in [-0.1, -0.05) is 18.2 Å². The second-order valence-electron chi connectivity index (χ2n) is 4.48. The monoisotopic (exact) mass is 348 g/mol. The molecule has 0 saturated heterocycles. The molecule has 0 saturated carbocycles. The maximum absolute atomic E-state index is 11.9. The van der Waals surface area contributed by atoms with Crippen molar-refractivity contribution >= 4 is 27.6 Å². The highest BCUT2D eigenvalue weighted by molar-refractivity contribution is 9.10. The molecule has 0 spiro atoms. The van der Waals surface area contributed by atoms with Crippen molar-refractivity contribution in [3.63, 3.8) is 0 Å². The number of benzene rings is 2. The van der Waals surface area contributed by atoms with Crippen LogP contribution in [-0.4, -0.2) is 12.8 Å². The lowest BCUT2D eigenvalue weighted by atomic mass is 10.2. The van der Waals surface area contributed by atoms with Crippen molar-refractivity contribution in [2.75, 3.05) is 12.1 Å². The normalized spacial score (nSPS) is 12.0. The molecule has 2 amide bonds. The largest absolute Gasteiger partial charge is 0.454 e. The number of ether oxygens (including phenoxy) is 2. The smallest absolute Gasteiger partial charge is 0.319 e. The van der Waals surface area contributed by atoms with Gasteiger partial charge in [-0.25, -0.2) is 4.79 Å². The van der Waals surface area contributed by atoms with Gasteiger partial charge in [0.15, 0.2) is 11.5 Å². The molecule has 6 heteroatoms. The fraction of sp³-hybridized carbons (Fsp3) is 0.133. The lowest BCUT2D eigenvalue weighted by molar-refractivity contribution is 0.174. The van der Waals surface area contributed by atoms with Crippen LogP contribution in [0.3, 0.4) is 0 Å². The quantitative estimate of drug-likeness (QED) is 0.892. The second-order valence-corrected chi connectivity index (χ2v) is 5.33. The van der Waals surface area contributed by atoms with Gasteiger partial charge in [0.25, 0.3) is 0 Å². The average molecular weight is 349 g/mol. The number of anilines is 1. The Morgan fingerprint density at radius 1 is 1.14 bits per heavy atom. The number of urea groups is 1. The molecule has 0 bridgehead atoms. The summed E-state index contributed by atoms with van der Waals surface area (Å²) in [5.74, 6) is 1.44. The van der Waals surface area contributed by atoms with Crippen molar-refractivity contribution < 1.29 is 14.3 Å². The van der Waals surface area contributed by atoms with E-state index in [-0.39, 0.29) is 12.8 Å². The highest BCUT2D eigenvalue weighted by atomic mass is 79.9. The van der Waals surface area contributed by atoms with Crippen molar-refractivity contribution in [3.05, 3.63) is 52.5 Å². The number of nitrogens with one attached hydrogen (secondary N) is 2. The summed E-state index contributed by atoms with van der Waals surface area (Å²) in [7, 11) is 0. The molecule has 0 fully saturated rings. The van der Waals surface area contributed by atoms with Crippen LogP contribution >= 0.6 is 15.9 Å². The first-order valence-corrected chi connectivity index (χ1v) is 7.19. The Morgan fingerprint density at radius 3 is 2.81 bits per heavy atom. The number of carbonyl (C=O) groups excluding carboxylic acids is 1. The lowest BCUT2D eigenvalue weighted by Gasteiger charge is -2.09. The summed E-state index contributed by atoms with van der Waals surface area (Å²) in [5.41, 5.74) is 1.67. The van der Waals surface area contributed by atoms with E-state index in [4.69, 9.17) is 9.47 Å². The van der Waals surface area contributed by atoms with E-state index in [0.717, 1.165) is 21.5 Å². The second kappa shape index (κ2) is 6.05. The highest BCUT2D eigenvalue weighted by Crippen LogP contribution is 2.32. The molecule has 1 heterocycles. The molecule has 2 N–H and O–H groups in total. The van der Waals surface area contributed by atoms with Crippen molar-refractivity contribution in [2.45, 2.75) is 6.54 Å². The van der Waals surface area contributed by atoms with Crippen LogP contribution in [0.2, 0.25) is 0 Å². The van der Waals surface area contributed by atoms with Crippen LogP contribution < -0.4 is 20.1 Å². The van der Waals surface area contributed by atoms with Gasteiger partial charge in [-0.2, -0.15) is 0 Å². The Hall–Kier alpha value is -2.21. The Labute approximate surface area is 130 Å². The summed E-state index contributed by atoms with van der Waals surface area (Å²) in [6.45, 7) is 0.654. The van der Waals surface area contributed by atoms with E-state index in [2.05, 4.69) is 26.6 Å². The first-order valence-electron chi connectivity index (χ1n) is 6.40. The maximum Gasteiger partial charge on any atom is 0.319 e. The maximum atomic E-state index is 11.9. The zero-order valence-electron chi connectivity index (χ0n) is 11.1. The van der Waals surface area contributed by atoms with Gasteiger partial charge < -0.3 is 20.1 Å². The van der Waals surface area contributed by atoms with Crippen molar-refractivity contribution in [1.82, 2.24) is 5.32 Å². The lowest BCUT2D eigenvalue weighted by Crippen LogP contribution is -2.28. The molecule has 3 rings (SSSR count). The molecular formula is C15H13BrN2O3. The van der Waals surface area contributed by atoms with Gasteiger partial charge in [0.05, 0.1) is 5.69 Å². The summed E-state index contributed by atoms with van der Waals surface area (Å²) >= 11 is 3.38. The predicted octanol–water partition coefficient (Wildman–Crippen LogP) is 3.50. The van der Waals surface area contributed by atoms with Crippen molar-refractivity contribution in [2.24, 2.45) is 0 Å². The SMILES string of the molecule is O=C(NCc1ccc2c(c1)OCO2)Nc1ccccc1Br. The number of hydrogen-bond acceptors (Lipinski definition) is 3. The number of amides is 2. The molecule has 0 aliphatic carbocycles. The summed E-state index contributed by atoms with van der Waals surface area (Å²) < 4.78 is 11.4. The van der Waals surface area contributed by atoms with Crippen LogP contribution in [0, 0.1) is 0 Å². The topological polar surface area (TPSA) is 59.6 Å². The standard InChI is InChI=1S/C15H13BrN2O3/c16-11-3-1-2-4-12(11)18-15(19)17-8-10-5-6-13-14(7-10)21-9-20-13/h1-7H,8-9H2,(H2,17,18,19). The molecule has 2 aromatic carbocycles. The van der Waals surface area contributed by atoms with Gasteiger partial charge in [0.2, 0.25) is 6.79 Å². The average Bonchev–Trinajstić information content (AvgIpc) is 2.95. The van der Waals surface area contributed by atoms with E-state index in [1.807, 2.05) is 42.5 Å². The number of fused-ring (bicyclic) bond motifs is 1. The van der Waals surface area contributed by atoms with E-state index in [9.17, 15) is 4.79 Å². The summed E-state index contributed by atoms with van der Waals surface area (Å²) in [4.78, 5) is 11.9. The van der Waals surface area contributed by atoms with Crippen LogP contribution in [0.1, 0.15) is 5.56 Å². The van der Waals surface area contributed by atoms with Gasteiger partial charge in [0, 0.05) is 11.0 Å². The molecule has 21 heavy (non-hydrogen) atoms. The third-order valence-electron chi connectivity index (χ3n) is 3.01. The number of rotatable bonds is 3. The molecule has 1 aliphatic rings. The van der Waals surface area contributed by atoms with E-state index in [1.165, 1.54) is 0 Å². The van der Waals surface area contributed by atoms with Gasteiger partial charge in [0.1, 0.15) is 0 Å². The molecule has 0 atom stereocenters. The van der Waals surface area contributed by atoms with Gasteiger partial charge in [-0.3, -0.25) is 0 Å². The Morgan fingerprint density at radius 2 is 1.95 bits per heavy atom. The highest BCUT2D eigenvalue weighted by Gasteiger charge is 2.13. The van der Waals surface area contributed by atoms with Gasteiger partial charge in [-0.05, 0) is 45.8 Å². The molecule has 2 aromatic rings. The molecule has 0 aromatic heterocycles. The first-order chi connectivity index (χ1) is 10.2. The van der Waals surface area contributed by atoms with E-state index in [1.54, 1.807) is 0 Å². The van der Waals surface area contributed by atoms with Gasteiger partial charge >= 0.3 is 6.03 Å². The van der Waals surface area contributed by atoms with E-state index >= 15 is 0 Å². The summed E-state index contributed by atoms with van der Waals surface area (Å²) in [5, 5.41) is 5.58. The van der Waals surface area contributed by atoms with E-state index in [0.29, 0.717) is 12.3 Å². The predicted molar refractivity (Wildman–Crippen MR) is 82.6 cm³/mol. The summed E-state index contributed by atoms with van der Waals surface area (Å²) in [6.07, 6.45) is 0. The Kier molecular flexibility index (Phi) is 3.96. The van der Waals surface area contributed by atoms with Crippen molar-refractivity contribution in [3.8, 4) is 11.5 Å². The minimum atomic E-state index is -0.264. The molecule has 108 valence electrons. The van der Waals surface area contributed by atoms with Gasteiger partial charge in [-0.15, -0.1) is 0 Å². The Balaban J connectivity index is 1.58. The zero-order valence-corrected chi connectivity index (χ0v) is 12.6. The van der Waals surface area contributed by atoms with Crippen LogP contribution in [0.5, 0.6) is 11.5 Å². The molecule has 1 aliphatic heterocycles. The number of carbonyl (C=O) groups is 1. The first kappa shape index (κ1) is 13.8. The van der Waals surface area contributed by atoms with Crippen molar-refractivity contribution in [1.29, 1.82) is 0 Å².